The Bertz CT molecular complexity index is 679. The van der Waals surface area contributed by atoms with E-state index in [0.717, 1.165) is 25.1 Å². The number of para-hydroxylation sites is 1. The Hall–Kier alpha value is -2.29. The average Bonchev–Trinajstić information content (AvgIpc) is 2.69. The van der Waals surface area contributed by atoms with Gasteiger partial charge in [-0.1, -0.05) is 18.2 Å². The second-order valence-electron chi connectivity index (χ2n) is 5.57. The van der Waals surface area contributed by atoms with Crippen LogP contribution in [0.5, 0.6) is 0 Å². The second kappa shape index (κ2) is 5.60. The maximum atomic E-state index is 11.5. The molecule has 3 heteroatoms. The Kier molecular flexibility index (Phi) is 3.65. The highest BCUT2D eigenvalue weighted by molar-refractivity contribution is 5.99. The van der Waals surface area contributed by atoms with Gasteiger partial charge in [-0.05, 0) is 56.0 Å². The first-order valence-corrected chi connectivity index (χ1v) is 7.43. The summed E-state index contributed by atoms with van der Waals surface area (Å²) in [6.45, 7) is 2.53. The van der Waals surface area contributed by atoms with Crippen molar-refractivity contribution in [3.63, 3.8) is 0 Å². The van der Waals surface area contributed by atoms with Crippen LogP contribution >= 0.6 is 0 Å². The first-order valence-electron chi connectivity index (χ1n) is 7.43. The topological polar surface area (TPSA) is 46.3 Å². The standard InChI is InChI=1S/C18H20N2O/c1-13(21)16-10-9-15(12-17(16)19)20-11-5-4-7-14-6-2-3-8-18(14)20/h2-3,6,8-10,12H,4-5,7,11,19H2,1H3. The Balaban J connectivity index is 2.04. The maximum Gasteiger partial charge on any atom is 0.161 e. The zero-order valence-electron chi connectivity index (χ0n) is 12.3. The molecule has 0 spiro atoms. The summed E-state index contributed by atoms with van der Waals surface area (Å²) in [5, 5.41) is 0. The number of nitrogen functional groups attached to an aromatic ring is 1. The predicted molar refractivity (Wildman–Crippen MR) is 87.2 cm³/mol. The fraction of sp³-hybridized carbons (Fsp3) is 0.278. The van der Waals surface area contributed by atoms with Crippen LogP contribution in [0, 0.1) is 0 Å². The van der Waals surface area contributed by atoms with Crippen molar-refractivity contribution in [1.82, 2.24) is 0 Å². The molecule has 0 atom stereocenters. The lowest BCUT2D eigenvalue weighted by Crippen LogP contribution is -2.18. The van der Waals surface area contributed by atoms with E-state index >= 15 is 0 Å². The Morgan fingerprint density at radius 2 is 1.95 bits per heavy atom. The third-order valence-electron chi connectivity index (χ3n) is 4.09. The first-order chi connectivity index (χ1) is 10.2. The van der Waals surface area contributed by atoms with Crippen LogP contribution in [-0.2, 0) is 6.42 Å². The Labute approximate surface area is 125 Å². The van der Waals surface area contributed by atoms with Crippen LogP contribution in [-0.4, -0.2) is 12.3 Å². The summed E-state index contributed by atoms with van der Waals surface area (Å²) in [6, 6.07) is 14.3. The molecule has 0 aliphatic carbocycles. The molecular formula is C18H20N2O. The van der Waals surface area contributed by atoms with E-state index in [1.807, 2.05) is 18.2 Å². The van der Waals surface area contributed by atoms with Crippen molar-refractivity contribution < 1.29 is 4.79 Å². The number of Topliss-reactive ketones (excluding diaryl/α,β-unsaturated/α-hetero) is 1. The van der Waals surface area contributed by atoms with Gasteiger partial charge in [0.15, 0.2) is 5.78 Å². The van der Waals surface area contributed by atoms with E-state index in [0.29, 0.717) is 11.3 Å². The third-order valence-corrected chi connectivity index (χ3v) is 4.09. The summed E-state index contributed by atoms with van der Waals surface area (Å²) in [4.78, 5) is 13.8. The van der Waals surface area contributed by atoms with Crippen LogP contribution in [0.3, 0.4) is 0 Å². The number of hydrogen-bond acceptors (Lipinski definition) is 3. The zero-order valence-corrected chi connectivity index (χ0v) is 12.3. The number of carbonyl (C=O) groups is 1. The molecule has 3 rings (SSSR count). The molecule has 1 heterocycles. The van der Waals surface area contributed by atoms with E-state index in [9.17, 15) is 4.79 Å². The van der Waals surface area contributed by atoms with Crippen LogP contribution in [0.4, 0.5) is 17.1 Å². The largest absolute Gasteiger partial charge is 0.398 e. The molecule has 108 valence electrons. The molecule has 3 nitrogen and oxygen atoms in total. The smallest absolute Gasteiger partial charge is 0.161 e. The highest BCUT2D eigenvalue weighted by atomic mass is 16.1. The number of anilines is 3. The number of aryl methyl sites for hydroxylation is 1. The zero-order chi connectivity index (χ0) is 14.8. The SMILES string of the molecule is CC(=O)c1ccc(N2CCCCc3ccccc32)cc1N. The van der Waals surface area contributed by atoms with Crippen molar-refractivity contribution in [1.29, 1.82) is 0 Å². The minimum Gasteiger partial charge on any atom is -0.398 e. The highest BCUT2D eigenvalue weighted by Crippen LogP contribution is 2.34. The van der Waals surface area contributed by atoms with Crippen LogP contribution < -0.4 is 10.6 Å². The van der Waals surface area contributed by atoms with Crippen LogP contribution in [0.2, 0.25) is 0 Å². The number of hydrogen-bond donors (Lipinski definition) is 1. The lowest BCUT2D eigenvalue weighted by molar-refractivity contribution is 0.101. The van der Waals surface area contributed by atoms with Gasteiger partial charge in [0.25, 0.3) is 0 Å². The minimum atomic E-state index is 0.00955. The van der Waals surface area contributed by atoms with Crippen molar-refractivity contribution in [3.05, 3.63) is 53.6 Å². The normalized spacial score (nSPS) is 14.4. The van der Waals surface area contributed by atoms with Gasteiger partial charge in [0.05, 0.1) is 0 Å². The molecule has 21 heavy (non-hydrogen) atoms. The number of benzene rings is 2. The molecule has 1 aliphatic heterocycles. The molecule has 0 saturated heterocycles. The molecule has 0 bridgehead atoms. The van der Waals surface area contributed by atoms with Gasteiger partial charge in [-0.2, -0.15) is 0 Å². The van der Waals surface area contributed by atoms with Crippen LogP contribution in [0.1, 0.15) is 35.7 Å². The van der Waals surface area contributed by atoms with Gasteiger partial charge in [0.2, 0.25) is 0 Å². The van der Waals surface area contributed by atoms with Crippen molar-refractivity contribution in [2.24, 2.45) is 0 Å². The van der Waals surface area contributed by atoms with Crippen molar-refractivity contribution >= 4 is 22.8 Å². The summed E-state index contributed by atoms with van der Waals surface area (Å²) < 4.78 is 0. The highest BCUT2D eigenvalue weighted by Gasteiger charge is 2.17. The van der Waals surface area contributed by atoms with Crippen LogP contribution in [0.15, 0.2) is 42.5 Å². The van der Waals surface area contributed by atoms with Crippen molar-refractivity contribution in [2.75, 3.05) is 17.2 Å². The monoisotopic (exact) mass is 280 g/mol. The molecule has 2 aromatic rings. The Morgan fingerprint density at radius 3 is 2.71 bits per heavy atom. The summed E-state index contributed by atoms with van der Waals surface area (Å²) in [7, 11) is 0. The fourth-order valence-corrected chi connectivity index (χ4v) is 3.00. The summed E-state index contributed by atoms with van der Waals surface area (Å²) in [5.74, 6) is 0.00955. The molecule has 0 fully saturated rings. The number of ketones is 1. The van der Waals surface area contributed by atoms with E-state index in [1.54, 1.807) is 6.92 Å². The van der Waals surface area contributed by atoms with E-state index < -0.39 is 0 Å². The average molecular weight is 280 g/mol. The fourth-order valence-electron chi connectivity index (χ4n) is 3.00. The Morgan fingerprint density at radius 1 is 1.14 bits per heavy atom. The molecule has 2 N–H and O–H groups in total. The lowest BCUT2D eigenvalue weighted by Gasteiger charge is -2.25. The van der Waals surface area contributed by atoms with Gasteiger partial charge in [-0.3, -0.25) is 4.79 Å². The lowest BCUT2D eigenvalue weighted by atomic mass is 10.1. The molecule has 0 amide bonds. The number of rotatable bonds is 2. The molecule has 0 unspecified atom stereocenters. The van der Waals surface area contributed by atoms with Gasteiger partial charge in [0.1, 0.15) is 0 Å². The number of carbonyl (C=O) groups excluding carboxylic acids is 1. The van der Waals surface area contributed by atoms with E-state index in [-0.39, 0.29) is 5.78 Å². The predicted octanol–water partition coefficient (Wildman–Crippen LogP) is 3.95. The van der Waals surface area contributed by atoms with Gasteiger partial charge in [-0.25, -0.2) is 0 Å². The minimum absolute atomic E-state index is 0.00955. The molecule has 0 aromatic heterocycles. The summed E-state index contributed by atoms with van der Waals surface area (Å²) in [5.41, 5.74) is 10.9. The van der Waals surface area contributed by atoms with Crippen molar-refractivity contribution in [3.8, 4) is 0 Å². The van der Waals surface area contributed by atoms with Gasteiger partial charge in [-0.15, -0.1) is 0 Å². The number of fused-ring (bicyclic) bond motifs is 1. The van der Waals surface area contributed by atoms with Crippen molar-refractivity contribution in [2.45, 2.75) is 26.2 Å². The number of nitrogens with two attached hydrogens (primary N) is 1. The molecule has 0 radical (unpaired) electrons. The van der Waals surface area contributed by atoms with E-state index in [4.69, 9.17) is 5.73 Å². The molecule has 0 saturated carbocycles. The van der Waals surface area contributed by atoms with Gasteiger partial charge in [0, 0.05) is 29.2 Å². The molecule has 1 aliphatic rings. The van der Waals surface area contributed by atoms with E-state index in [1.165, 1.54) is 17.7 Å². The second-order valence-corrected chi connectivity index (χ2v) is 5.57. The number of nitrogens with zero attached hydrogens (tertiary/aromatic N) is 1. The quantitative estimate of drug-likeness (QED) is 0.669. The van der Waals surface area contributed by atoms with Gasteiger partial charge < -0.3 is 10.6 Å². The third kappa shape index (κ3) is 2.64. The molecular weight excluding hydrogens is 260 g/mol. The van der Waals surface area contributed by atoms with E-state index in [2.05, 4.69) is 29.2 Å². The summed E-state index contributed by atoms with van der Waals surface area (Å²) in [6.07, 6.45) is 3.48. The summed E-state index contributed by atoms with van der Waals surface area (Å²) >= 11 is 0. The first kappa shape index (κ1) is 13.7. The molecule has 2 aromatic carbocycles. The van der Waals surface area contributed by atoms with Gasteiger partial charge >= 0.3 is 0 Å². The van der Waals surface area contributed by atoms with Crippen LogP contribution in [0.25, 0.3) is 0 Å². The maximum absolute atomic E-state index is 11.5.